The van der Waals surface area contributed by atoms with Gasteiger partial charge in [-0.25, -0.2) is 15.0 Å². The summed E-state index contributed by atoms with van der Waals surface area (Å²) in [5.74, 6) is 0.548. The Morgan fingerprint density at radius 3 is 2.54 bits per heavy atom. The molecule has 0 aliphatic heterocycles. The molecule has 120 valence electrons. The van der Waals surface area contributed by atoms with Crippen molar-refractivity contribution in [1.82, 2.24) is 15.0 Å². The van der Waals surface area contributed by atoms with Crippen LogP contribution in [0.4, 0.5) is 17.3 Å². The Morgan fingerprint density at radius 2 is 1.88 bits per heavy atom. The Hall–Kier alpha value is -2.71. The van der Waals surface area contributed by atoms with Crippen LogP contribution in [0.5, 0.6) is 0 Å². The van der Waals surface area contributed by atoms with E-state index in [4.69, 9.17) is 11.6 Å². The number of anilines is 2. The normalized spacial score (nSPS) is 10.4. The smallest absolute Gasteiger partial charge is 0.319 e. The van der Waals surface area contributed by atoms with E-state index in [1.165, 1.54) is 6.33 Å². The Kier molecular flexibility index (Phi) is 4.88. The van der Waals surface area contributed by atoms with Gasteiger partial charge in [0.1, 0.15) is 12.1 Å². The van der Waals surface area contributed by atoms with Crippen molar-refractivity contribution in [2.75, 3.05) is 5.32 Å². The lowest BCUT2D eigenvalue weighted by Gasteiger charge is -2.07. The molecule has 7 nitrogen and oxygen atoms in total. The molecule has 0 aliphatic carbocycles. The lowest BCUT2D eigenvalue weighted by atomic mass is 10.4. The summed E-state index contributed by atoms with van der Waals surface area (Å²) in [6.45, 7) is 0. The molecule has 1 aromatic carbocycles. The Labute approximate surface area is 146 Å². The first-order chi connectivity index (χ1) is 11.6. The fourth-order valence-electron chi connectivity index (χ4n) is 1.87. The van der Waals surface area contributed by atoms with Gasteiger partial charge in [0.15, 0.2) is 5.03 Å². The van der Waals surface area contributed by atoms with E-state index in [1.54, 1.807) is 48.7 Å². The summed E-state index contributed by atoms with van der Waals surface area (Å²) >= 11 is 7.02. The molecule has 3 rings (SSSR count). The number of halogens is 1. The molecule has 0 fully saturated rings. The molecule has 0 bridgehead atoms. The van der Waals surface area contributed by atoms with Crippen molar-refractivity contribution in [2.45, 2.75) is 9.92 Å². The minimum Gasteiger partial charge on any atom is -0.319 e. The average molecular weight is 360 g/mol. The van der Waals surface area contributed by atoms with Gasteiger partial charge in [-0.2, -0.15) is 0 Å². The van der Waals surface area contributed by atoms with E-state index in [0.717, 1.165) is 16.7 Å². The van der Waals surface area contributed by atoms with Crippen LogP contribution in [0.3, 0.4) is 0 Å². The van der Waals surface area contributed by atoms with Gasteiger partial charge in [-0.15, -0.1) is 0 Å². The van der Waals surface area contributed by atoms with Gasteiger partial charge in [0.25, 0.3) is 0 Å². The van der Waals surface area contributed by atoms with E-state index >= 15 is 0 Å². The van der Waals surface area contributed by atoms with Crippen LogP contribution >= 0.6 is 23.4 Å². The fourth-order valence-corrected chi connectivity index (χ4v) is 2.85. The number of aromatic nitrogens is 3. The standard InChI is InChI=1S/C15H10ClN5O2S/c16-10-4-6-11(7-5-10)24-15-13(21(22)23)14(18-9-19-15)20-12-3-1-2-8-17-12/h1-9H,(H,17,18,19,20). The van der Waals surface area contributed by atoms with Crippen molar-refractivity contribution in [3.05, 3.63) is 70.1 Å². The zero-order valence-corrected chi connectivity index (χ0v) is 13.7. The van der Waals surface area contributed by atoms with Crippen LogP contribution in [0.15, 0.2) is 64.9 Å². The third kappa shape index (κ3) is 3.79. The van der Waals surface area contributed by atoms with Crippen molar-refractivity contribution < 1.29 is 4.92 Å². The molecule has 0 atom stereocenters. The van der Waals surface area contributed by atoms with Gasteiger partial charge in [-0.05, 0) is 36.4 Å². The minimum absolute atomic E-state index is 0.0881. The minimum atomic E-state index is -0.510. The van der Waals surface area contributed by atoms with E-state index in [1.807, 2.05) is 0 Å². The van der Waals surface area contributed by atoms with Crippen molar-refractivity contribution in [3.63, 3.8) is 0 Å². The van der Waals surface area contributed by atoms with E-state index in [0.29, 0.717) is 10.8 Å². The van der Waals surface area contributed by atoms with Gasteiger partial charge in [0.2, 0.25) is 5.82 Å². The Balaban J connectivity index is 1.96. The van der Waals surface area contributed by atoms with Gasteiger partial charge in [0, 0.05) is 16.1 Å². The summed E-state index contributed by atoms with van der Waals surface area (Å²) in [4.78, 5) is 23.9. The molecule has 0 spiro atoms. The van der Waals surface area contributed by atoms with Crippen LogP contribution in [0.2, 0.25) is 5.02 Å². The quantitative estimate of drug-likeness (QED) is 0.411. The summed E-state index contributed by atoms with van der Waals surface area (Å²) < 4.78 is 0. The van der Waals surface area contributed by atoms with Gasteiger partial charge in [-0.3, -0.25) is 10.1 Å². The number of hydrogen-bond acceptors (Lipinski definition) is 7. The highest BCUT2D eigenvalue weighted by Crippen LogP contribution is 2.37. The lowest BCUT2D eigenvalue weighted by Crippen LogP contribution is -2.03. The molecule has 2 aromatic heterocycles. The molecule has 0 unspecified atom stereocenters. The molecular weight excluding hydrogens is 350 g/mol. The first-order valence-corrected chi connectivity index (χ1v) is 7.94. The highest BCUT2D eigenvalue weighted by molar-refractivity contribution is 7.99. The predicted molar refractivity (Wildman–Crippen MR) is 91.8 cm³/mol. The lowest BCUT2D eigenvalue weighted by molar-refractivity contribution is -0.387. The molecule has 9 heteroatoms. The van der Waals surface area contributed by atoms with E-state index in [-0.39, 0.29) is 16.5 Å². The Bertz CT molecular complexity index is 861. The van der Waals surface area contributed by atoms with Crippen LogP contribution in [-0.2, 0) is 0 Å². The number of nitrogens with one attached hydrogen (secondary N) is 1. The van der Waals surface area contributed by atoms with Crippen molar-refractivity contribution in [2.24, 2.45) is 0 Å². The van der Waals surface area contributed by atoms with Gasteiger partial charge >= 0.3 is 5.69 Å². The number of nitrogens with zero attached hydrogens (tertiary/aromatic N) is 4. The zero-order chi connectivity index (χ0) is 16.9. The molecule has 2 heterocycles. The summed E-state index contributed by atoms with van der Waals surface area (Å²) in [6.07, 6.45) is 2.86. The summed E-state index contributed by atoms with van der Waals surface area (Å²) in [5.41, 5.74) is -0.205. The third-order valence-corrected chi connectivity index (χ3v) is 4.16. The predicted octanol–water partition coefficient (Wildman–Crippen LogP) is 4.33. The van der Waals surface area contributed by atoms with Crippen LogP contribution < -0.4 is 5.32 Å². The first kappa shape index (κ1) is 16.2. The third-order valence-electron chi connectivity index (χ3n) is 2.91. The summed E-state index contributed by atoms with van der Waals surface area (Å²) in [6, 6.07) is 12.2. The maximum atomic E-state index is 11.5. The molecular formula is C15H10ClN5O2S. The van der Waals surface area contributed by atoms with Crippen LogP contribution in [0, 0.1) is 10.1 Å². The zero-order valence-electron chi connectivity index (χ0n) is 12.1. The molecule has 3 aromatic rings. The maximum absolute atomic E-state index is 11.5. The topological polar surface area (TPSA) is 93.8 Å². The number of benzene rings is 1. The number of rotatable bonds is 5. The molecule has 0 aliphatic rings. The van der Waals surface area contributed by atoms with Gasteiger partial charge in [0.05, 0.1) is 4.92 Å². The second-order valence-corrected chi connectivity index (χ2v) is 6.03. The van der Waals surface area contributed by atoms with Crippen molar-refractivity contribution >= 4 is 40.7 Å². The van der Waals surface area contributed by atoms with E-state index < -0.39 is 4.92 Å². The molecule has 0 amide bonds. The summed E-state index contributed by atoms with van der Waals surface area (Å²) in [5, 5.41) is 15.2. The van der Waals surface area contributed by atoms with E-state index in [9.17, 15) is 10.1 Å². The second kappa shape index (κ2) is 7.24. The molecule has 24 heavy (non-hydrogen) atoms. The van der Waals surface area contributed by atoms with Crippen LogP contribution in [0.1, 0.15) is 0 Å². The number of pyridine rings is 1. The second-order valence-electron chi connectivity index (χ2n) is 4.53. The van der Waals surface area contributed by atoms with Crippen LogP contribution in [-0.4, -0.2) is 19.9 Å². The number of hydrogen-bond donors (Lipinski definition) is 1. The summed E-state index contributed by atoms with van der Waals surface area (Å²) in [7, 11) is 0. The van der Waals surface area contributed by atoms with Gasteiger partial charge < -0.3 is 5.32 Å². The average Bonchev–Trinajstić information content (AvgIpc) is 2.58. The number of nitro groups is 1. The first-order valence-electron chi connectivity index (χ1n) is 6.74. The molecule has 0 saturated heterocycles. The van der Waals surface area contributed by atoms with Gasteiger partial charge in [-0.1, -0.05) is 29.4 Å². The maximum Gasteiger partial charge on any atom is 0.343 e. The van der Waals surface area contributed by atoms with Crippen molar-refractivity contribution in [1.29, 1.82) is 0 Å². The largest absolute Gasteiger partial charge is 0.343 e. The molecule has 0 saturated carbocycles. The highest BCUT2D eigenvalue weighted by Gasteiger charge is 2.24. The van der Waals surface area contributed by atoms with Crippen LogP contribution in [0.25, 0.3) is 0 Å². The van der Waals surface area contributed by atoms with Crippen molar-refractivity contribution in [3.8, 4) is 0 Å². The fraction of sp³-hybridized carbons (Fsp3) is 0. The highest BCUT2D eigenvalue weighted by atomic mass is 35.5. The Morgan fingerprint density at radius 1 is 1.08 bits per heavy atom. The van der Waals surface area contributed by atoms with E-state index in [2.05, 4.69) is 20.3 Å². The molecule has 0 radical (unpaired) electrons. The SMILES string of the molecule is O=[N+]([O-])c1c(Nc2ccccn2)ncnc1Sc1ccc(Cl)cc1. The molecule has 1 N–H and O–H groups in total. The monoisotopic (exact) mass is 359 g/mol.